The predicted octanol–water partition coefficient (Wildman–Crippen LogP) is 2.22. The molecule has 1 heterocycles. The number of rotatable bonds is 5. The van der Waals surface area contributed by atoms with E-state index >= 15 is 0 Å². The summed E-state index contributed by atoms with van der Waals surface area (Å²) in [5.74, 6) is 3.26. The number of hydrogen-bond acceptors (Lipinski definition) is 4. The second-order valence-electron chi connectivity index (χ2n) is 4.56. The maximum Gasteiger partial charge on any atom is 0.229 e. The summed E-state index contributed by atoms with van der Waals surface area (Å²) < 4.78 is 24.6. The van der Waals surface area contributed by atoms with Gasteiger partial charge in [-0.05, 0) is 48.1 Å². The van der Waals surface area contributed by atoms with Crippen molar-refractivity contribution in [3.8, 4) is 0 Å². The molecule has 1 aliphatic rings. The molecule has 18 heavy (non-hydrogen) atoms. The molecule has 0 amide bonds. The van der Waals surface area contributed by atoms with E-state index in [2.05, 4.69) is 10.0 Å². The Labute approximate surface area is 113 Å². The van der Waals surface area contributed by atoms with Crippen molar-refractivity contribution in [1.29, 1.82) is 0 Å². The van der Waals surface area contributed by atoms with Crippen molar-refractivity contribution in [2.75, 3.05) is 34.3 Å². The van der Waals surface area contributed by atoms with Gasteiger partial charge in [0.25, 0.3) is 0 Å². The lowest BCUT2D eigenvalue weighted by Gasteiger charge is -2.11. The third-order valence-corrected chi connectivity index (χ3v) is 4.64. The first-order valence-corrected chi connectivity index (χ1v) is 8.97. The quantitative estimate of drug-likeness (QED) is 0.871. The summed E-state index contributed by atoms with van der Waals surface area (Å²) in [5.41, 5.74) is 1.63. The Morgan fingerprint density at radius 3 is 2.50 bits per heavy atom. The normalized spacial score (nSPS) is 19.7. The van der Waals surface area contributed by atoms with Crippen LogP contribution in [0.1, 0.15) is 6.42 Å². The van der Waals surface area contributed by atoms with E-state index in [1.54, 1.807) is 12.1 Å². The number of anilines is 2. The number of hydrogen-bond donors (Lipinski definition) is 2. The van der Waals surface area contributed by atoms with Crippen LogP contribution in [0.25, 0.3) is 0 Å². The molecule has 4 nitrogen and oxygen atoms in total. The molecule has 0 aromatic heterocycles. The van der Waals surface area contributed by atoms with E-state index in [1.807, 2.05) is 23.9 Å². The lowest BCUT2D eigenvalue weighted by atomic mass is 10.1. The van der Waals surface area contributed by atoms with Gasteiger partial charge < -0.3 is 5.32 Å². The molecule has 1 aromatic rings. The number of thioether (sulfide) groups is 1. The lowest BCUT2D eigenvalue weighted by molar-refractivity contribution is 0.607. The second-order valence-corrected chi connectivity index (χ2v) is 7.46. The molecule has 1 atom stereocenters. The summed E-state index contributed by atoms with van der Waals surface area (Å²) in [7, 11) is -3.19. The van der Waals surface area contributed by atoms with Crippen molar-refractivity contribution in [3.63, 3.8) is 0 Å². The van der Waals surface area contributed by atoms with Crippen LogP contribution in [-0.4, -0.2) is 32.7 Å². The highest BCUT2D eigenvalue weighted by Crippen LogP contribution is 2.24. The van der Waals surface area contributed by atoms with Gasteiger partial charge in [-0.15, -0.1) is 0 Å². The van der Waals surface area contributed by atoms with Crippen molar-refractivity contribution < 1.29 is 8.42 Å². The standard InChI is InChI=1S/C12H18N2O2S2/c1-18(15,16)14-12-4-2-11(3-5-12)13-8-10-6-7-17-9-10/h2-5,10,13-14H,6-9H2,1H3. The smallest absolute Gasteiger partial charge is 0.229 e. The van der Waals surface area contributed by atoms with E-state index in [4.69, 9.17) is 0 Å². The molecule has 6 heteroatoms. The van der Waals surface area contributed by atoms with Crippen LogP contribution in [0.5, 0.6) is 0 Å². The molecule has 0 spiro atoms. The van der Waals surface area contributed by atoms with Crippen LogP contribution in [-0.2, 0) is 10.0 Å². The van der Waals surface area contributed by atoms with Gasteiger partial charge in [0.1, 0.15) is 0 Å². The molecule has 0 aliphatic carbocycles. The Morgan fingerprint density at radius 1 is 1.28 bits per heavy atom. The number of nitrogens with one attached hydrogen (secondary N) is 2. The van der Waals surface area contributed by atoms with Crippen LogP contribution < -0.4 is 10.0 Å². The maximum absolute atomic E-state index is 11.1. The van der Waals surface area contributed by atoms with Crippen molar-refractivity contribution >= 4 is 33.2 Å². The Morgan fingerprint density at radius 2 is 1.94 bits per heavy atom. The molecule has 0 radical (unpaired) electrons. The fourth-order valence-corrected chi connectivity index (χ4v) is 3.73. The molecule has 1 aromatic carbocycles. The van der Waals surface area contributed by atoms with E-state index in [9.17, 15) is 8.42 Å². The van der Waals surface area contributed by atoms with Crippen LogP contribution in [0.15, 0.2) is 24.3 Å². The van der Waals surface area contributed by atoms with E-state index < -0.39 is 10.0 Å². The van der Waals surface area contributed by atoms with Gasteiger partial charge in [-0.25, -0.2) is 8.42 Å². The highest BCUT2D eigenvalue weighted by molar-refractivity contribution is 7.99. The minimum absolute atomic E-state index is 0.597. The fourth-order valence-electron chi connectivity index (χ4n) is 1.88. The van der Waals surface area contributed by atoms with Gasteiger partial charge in [-0.2, -0.15) is 11.8 Å². The monoisotopic (exact) mass is 286 g/mol. The summed E-state index contributed by atoms with van der Waals surface area (Å²) in [6, 6.07) is 7.34. The first kappa shape index (κ1) is 13.5. The zero-order chi connectivity index (χ0) is 13.0. The number of sulfonamides is 1. The molecule has 0 bridgehead atoms. The van der Waals surface area contributed by atoms with E-state index in [1.165, 1.54) is 17.9 Å². The fraction of sp³-hybridized carbons (Fsp3) is 0.500. The van der Waals surface area contributed by atoms with E-state index in [0.717, 1.165) is 24.4 Å². The highest BCUT2D eigenvalue weighted by Gasteiger charge is 2.14. The molecule has 0 saturated carbocycles. The molecule has 2 N–H and O–H groups in total. The van der Waals surface area contributed by atoms with Crippen LogP contribution in [0.4, 0.5) is 11.4 Å². The van der Waals surface area contributed by atoms with Gasteiger partial charge in [0.2, 0.25) is 10.0 Å². The van der Waals surface area contributed by atoms with Crippen molar-refractivity contribution in [2.24, 2.45) is 5.92 Å². The van der Waals surface area contributed by atoms with Crippen molar-refractivity contribution in [2.45, 2.75) is 6.42 Å². The Hall–Kier alpha value is -0.880. The first-order valence-electron chi connectivity index (χ1n) is 5.92. The maximum atomic E-state index is 11.1. The highest BCUT2D eigenvalue weighted by atomic mass is 32.2. The summed E-state index contributed by atoms with van der Waals surface area (Å²) in [5, 5.41) is 3.39. The molecular formula is C12H18N2O2S2. The van der Waals surface area contributed by atoms with Gasteiger partial charge in [-0.1, -0.05) is 0 Å². The molecule has 100 valence electrons. The Bertz CT molecular complexity index is 479. The van der Waals surface area contributed by atoms with Crippen LogP contribution >= 0.6 is 11.8 Å². The molecular weight excluding hydrogens is 268 g/mol. The zero-order valence-electron chi connectivity index (χ0n) is 10.3. The Balaban J connectivity index is 1.87. The SMILES string of the molecule is CS(=O)(=O)Nc1ccc(NCC2CCSC2)cc1. The minimum atomic E-state index is -3.19. The summed E-state index contributed by atoms with van der Waals surface area (Å²) in [6.45, 7) is 0.992. The van der Waals surface area contributed by atoms with Gasteiger partial charge in [0.05, 0.1) is 6.26 Å². The summed E-state index contributed by atoms with van der Waals surface area (Å²) in [4.78, 5) is 0. The summed E-state index contributed by atoms with van der Waals surface area (Å²) >= 11 is 2.01. The summed E-state index contributed by atoms with van der Waals surface area (Å²) in [6.07, 6.45) is 2.43. The van der Waals surface area contributed by atoms with E-state index in [0.29, 0.717) is 5.69 Å². The molecule has 2 rings (SSSR count). The predicted molar refractivity (Wildman–Crippen MR) is 78.8 cm³/mol. The Kier molecular flexibility index (Phi) is 4.40. The largest absolute Gasteiger partial charge is 0.385 e. The average Bonchev–Trinajstić information content (AvgIpc) is 2.79. The van der Waals surface area contributed by atoms with Crippen molar-refractivity contribution in [1.82, 2.24) is 0 Å². The lowest BCUT2D eigenvalue weighted by Crippen LogP contribution is -2.13. The van der Waals surface area contributed by atoms with Crippen LogP contribution in [0, 0.1) is 5.92 Å². The molecule has 1 fully saturated rings. The zero-order valence-corrected chi connectivity index (χ0v) is 12.0. The van der Waals surface area contributed by atoms with Crippen LogP contribution in [0.2, 0.25) is 0 Å². The van der Waals surface area contributed by atoms with Gasteiger partial charge in [-0.3, -0.25) is 4.72 Å². The van der Waals surface area contributed by atoms with Gasteiger partial charge >= 0.3 is 0 Å². The molecule has 1 unspecified atom stereocenters. The topological polar surface area (TPSA) is 58.2 Å². The second kappa shape index (κ2) is 5.84. The third kappa shape index (κ3) is 4.42. The van der Waals surface area contributed by atoms with Crippen molar-refractivity contribution in [3.05, 3.63) is 24.3 Å². The van der Waals surface area contributed by atoms with E-state index in [-0.39, 0.29) is 0 Å². The third-order valence-electron chi connectivity index (χ3n) is 2.81. The number of benzene rings is 1. The van der Waals surface area contributed by atoms with Gasteiger partial charge in [0, 0.05) is 17.9 Å². The van der Waals surface area contributed by atoms with Crippen LogP contribution in [0.3, 0.4) is 0 Å². The van der Waals surface area contributed by atoms with Gasteiger partial charge in [0.15, 0.2) is 0 Å². The first-order chi connectivity index (χ1) is 8.53. The average molecular weight is 286 g/mol. The molecule has 1 saturated heterocycles. The molecule has 1 aliphatic heterocycles. The minimum Gasteiger partial charge on any atom is -0.385 e.